The zero-order chi connectivity index (χ0) is 21.2. The van der Waals surface area contributed by atoms with Gasteiger partial charge in [0.05, 0.1) is 25.2 Å². The molecule has 0 amide bonds. The van der Waals surface area contributed by atoms with E-state index < -0.39 is 74.0 Å². The fraction of sp³-hybridized carbons (Fsp3) is 0.833. The van der Waals surface area contributed by atoms with Gasteiger partial charge in [0, 0.05) is 0 Å². The maximum Gasteiger partial charge on any atom is 2.00 e. The van der Waals surface area contributed by atoms with Crippen LogP contribution in [0.15, 0.2) is 0 Å². The van der Waals surface area contributed by atoms with Crippen LogP contribution in [0.4, 0.5) is 0 Å². The van der Waals surface area contributed by atoms with Crippen molar-refractivity contribution in [1.29, 1.82) is 0 Å². The molecule has 0 spiro atoms. The Balaban J connectivity index is -0.000000192. The van der Waals surface area contributed by atoms with Crippen LogP contribution in [0.5, 0.6) is 0 Å². The van der Waals surface area contributed by atoms with E-state index in [2.05, 4.69) is 0 Å². The molecule has 164 valence electrons. The Bertz CT molecular complexity index is 386. The first-order valence-corrected chi connectivity index (χ1v) is 6.91. The van der Waals surface area contributed by atoms with Crippen LogP contribution in [0.2, 0.25) is 0 Å². The first-order chi connectivity index (χ1) is 11.8. The predicted molar refractivity (Wildman–Crippen MR) is 81.6 cm³/mol. The number of aliphatic hydroxyl groups excluding tert-OH is 10. The number of carboxylic acid groups (broad SMARTS) is 2. The van der Waals surface area contributed by atoms with Gasteiger partial charge in [-0.2, -0.15) is 0 Å². The third kappa shape index (κ3) is 12.0. The molecule has 0 heterocycles. The molecule has 0 radical (unpaired) electrons. The average Bonchev–Trinajstić information content (AvgIpc) is 2.62. The van der Waals surface area contributed by atoms with E-state index in [0.29, 0.717) is 0 Å². The molecule has 0 aromatic carbocycles. The van der Waals surface area contributed by atoms with Crippen LogP contribution in [0.1, 0.15) is 0 Å². The largest absolute Gasteiger partial charge is 2.00 e. The van der Waals surface area contributed by atoms with Gasteiger partial charge in [0.15, 0.2) is 0 Å². The van der Waals surface area contributed by atoms with Gasteiger partial charge in [0.1, 0.15) is 48.8 Å². The Morgan fingerprint density at radius 3 is 0.964 bits per heavy atom. The summed E-state index contributed by atoms with van der Waals surface area (Å²) >= 11 is 0. The van der Waals surface area contributed by atoms with Crippen LogP contribution >= 0.6 is 0 Å². The monoisotopic (exact) mass is 432 g/mol. The van der Waals surface area contributed by atoms with Gasteiger partial charge < -0.3 is 76.3 Å². The van der Waals surface area contributed by atoms with Gasteiger partial charge in [-0.05, 0) is 0 Å². The van der Waals surface area contributed by atoms with Crippen molar-refractivity contribution in [1.82, 2.24) is 0 Å². The maximum absolute atomic E-state index is 9.98. The predicted octanol–water partition coefficient (Wildman–Crippen LogP) is -10.9. The normalized spacial score (nSPS) is 18.9. The van der Waals surface area contributed by atoms with E-state index >= 15 is 0 Å². The van der Waals surface area contributed by atoms with Crippen molar-refractivity contribution in [2.45, 2.75) is 48.8 Å². The van der Waals surface area contributed by atoms with Gasteiger partial charge in [0.25, 0.3) is 0 Å². The molecule has 28 heavy (non-hydrogen) atoms. The standard InChI is InChI=1S/2C6H12O7.Mg.H2O/c2*7-1-2(8)3(9)4(10)5(11)6(12)13;;/h2*2-5,7-11H,1H2,(H,12,13);;1H2/q;;+2;/p-2/t2*2-,3-,4+,5-;;/m11../s1. The van der Waals surface area contributed by atoms with E-state index in [1.54, 1.807) is 0 Å². The number of carboxylic acids is 2. The molecule has 0 bridgehead atoms. The van der Waals surface area contributed by atoms with Gasteiger partial charge in [0.2, 0.25) is 0 Å². The second-order valence-corrected chi connectivity index (χ2v) is 4.99. The van der Waals surface area contributed by atoms with Gasteiger partial charge in [-0.15, -0.1) is 0 Å². The minimum atomic E-state index is -2.31. The van der Waals surface area contributed by atoms with Crippen molar-refractivity contribution >= 4 is 35.0 Å². The number of aliphatic carboxylic acids is 2. The molecule has 0 aromatic heterocycles. The quantitative estimate of drug-likeness (QED) is 0.143. The second-order valence-electron chi connectivity index (χ2n) is 4.99. The third-order valence-corrected chi connectivity index (χ3v) is 2.99. The molecule has 0 saturated carbocycles. The van der Waals surface area contributed by atoms with Crippen LogP contribution in [0.3, 0.4) is 0 Å². The second kappa shape index (κ2) is 17.2. The third-order valence-electron chi connectivity index (χ3n) is 2.99. The van der Waals surface area contributed by atoms with Crippen LogP contribution in [0.25, 0.3) is 0 Å². The minimum Gasteiger partial charge on any atom is -0.547 e. The number of hydrogen-bond acceptors (Lipinski definition) is 14. The number of rotatable bonds is 10. The van der Waals surface area contributed by atoms with E-state index in [9.17, 15) is 19.8 Å². The molecule has 15 nitrogen and oxygen atoms in total. The van der Waals surface area contributed by atoms with Gasteiger partial charge >= 0.3 is 23.1 Å². The first-order valence-electron chi connectivity index (χ1n) is 6.91. The fourth-order valence-electron chi connectivity index (χ4n) is 1.32. The average molecular weight is 433 g/mol. The maximum atomic E-state index is 9.98. The van der Waals surface area contributed by atoms with Crippen molar-refractivity contribution in [2.24, 2.45) is 0 Å². The Morgan fingerprint density at radius 2 is 0.821 bits per heavy atom. The zero-order valence-corrected chi connectivity index (χ0v) is 15.8. The van der Waals surface area contributed by atoms with Crippen molar-refractivity contribution in [3.05, 3.63) is 0 Å². The van der Waals surface area contributed by atoms with Gasteiger partial charge in [-0.3, -0.25) is 0 Å². The van der Waals surface area contributed by atoms with Crippen molar-refractivity contribution in [2.75, 3.05) is 13.2 Å². The number of carbonyl (C=O) groups excluding carboxylic acids is 2. The molecule has 0 rings (SSSR count). The summed E-state index contributed by atoms with van der Waals surface area (Å²) in [6.07, 6.45) is -16.2. The van der Waals surface area contributed by atoms with Crippen molar-refractivity contribution in [3.8, 4) is 0 Å². The molecular formula is C12H24MgO15. The Hall–Kier alpha value is -0.734. The van der Waals surface area contributed by atoms with E-state index in [1.165, 1.54) is 0 Å². The topological polar surface area (TPSA) is 314 Å². The molecular weight excluding hydrogens is 408 g/mol. The summed E-state index contributed by atoms with van der Waals surface area (Å²) in [6, 6.07) is 0. The van der Waals surface area contributed by atoms with Crippen LogP contribution in [0, 0.1) is 0 Å². The number of carbonyl (C=O) groups is 2. The minimum absolute atomic E-state index is 0. The van der Waals surface area contributed by atoms with Crippen LogP contribution in [-0.2, 0) is 9.59 Å². The number of hydrogen-bond donors (Lipinski definition) is 10. The summed E-state index contributed by atoms with van der Waals surface area (Å²) in [4.78, 5) is 20.0. The molecule has 8 atom stereocenters. The Kier molecular flexibility index (Phi) is 21.3. The van der Waals surface area contributed by atoms with Crippen LogP contribution in [-0.4, -0.2) is 154 Å². The summed E-state index contributed by atoms with van der Waals surface area (Å²) in [7, 11) is 0. The van der Waals surface area contributed by atoms with E-state index in [-0.39, 0.29) is 28.5 Å². The number of aliphatic hydroxyl groups is 10. The van der Waals surface area contributed by atoms with Crippen molar-refractivity contribution < 1.29 is 76.3 Å². The SMILES string of the molecule is O.O=C([O-])[C@H](O)[C@@H](O)[C@H](O)[C@H](O)CO.O=C([O-])[C@H](O)[C@@H](O)[C@H](O)[C@H](O)CO.[Mg+2]. The van der Waals surface area contributed by atoms with E-state index in [4.69, 9.17) is 51.1 Å². The smallest absolute Gasteiger partial charge is 0.547 e. The summed E-state index contributed by atoms with van der Waals surface area (Å²) in [5, 5.41) is 107. The molecule has 0 aliphatic carbocycles. The molecule has 0 unspecified atom stereocenters. The molecule has 12 N–H and O–H groups in total. The van der Waals surface area contributed by atoms with E-state index in [1.807, 2.05) is 0 Å². The molecule has 0 aliphatic rings. The molecule has 16 heteroatoms. The summed E-state index contributed by atoms with van der Waals surface area (Å²) in [6.45, 7) is -1.73. The summed E-state index contributed by atoms with van der Waals surface area (Å²) in [5.41, 5.74) is 0. The molecule has 0 aliphatic heterocycles. The van der Waals surface area contributed by atoms with Gasteiger partial charge in [-0.25, -0.2) is 0 Å². The zero-order valence-electron chi connectivity index (χ0n) is 14.3. The molecule has 0 saturated heterocycles. The van der Waals surface area contributed by atoms with E-state index in [0.717, 1.165) is 0 Å². The fourth-order valence-corrected chi connectivity index (χ4v) is 1.32. The molecule has 0 fully saturated rings. The van der Waals surface area contributed by atoms with Crippen molar-refractivity contribution in [3.63, 3.8) is 0 Å². The van der Waals surface area contributed by atoms with Crippen LogP contribution < -0.4 is 10.2 Å². The Morgan fingerprint density at radius 1 is 0.607 bits per heavy atom. The first kappa shape index (κ1) is 34.8. The summed E-state index contributed by atoms with van der Waals surface area (Å²) in [5.74, 6) is -3.95. The van der Waals surface area contributed by atoms with Gasteiger partial charge in [-0.1, -0.05) is 0 Å². The Labute approximate surface area is 173 Å². The molecule has 0 aromatic rings. The summed E-state index contributed by atoms with van der Waals surface area (Å²) < 4.78 is 0.